The lowest BCUT2D eigenvalue weighted by Crippen LogP contribution is -2.17. The number of nitrogens with one attached hydrogen (secondary N) is 1. The third kappa shape index (κ3) is 4.45. The summed E-state index contributed by atoms with van der Waals surface area (Å²) in [4.78, 5) is 34.9. The van der Waals surface area contributed by atoms with E-state index in [1.165, 1.54) is 0 Å². The van der Waals surface area contributed by atoms with E-state index in [1.54, 1.807) is 6.92 Å². The predicted octanol–water partition coefficient (Wildman–Crippen LogP) is 3.94. The zero-order valence-corrected chi connectivity index (χ0v) is 15.9. The highest BCUT2D eigenvalue weighted by molar-refractivity contribution is 7.19. The van der Waals surface area contributed by atoms with Gasteiger partial charge in [0, 0.05) is 6.07 Å². The summed E-state index contributed by atoms with van der Waals surface area (Å²) in [5, 5.41) is 13.5. The first-order valence-electron chi connectivity index (χ1n) is 8.04. The Kier molecular flexibility index (Phi) is 6.10. The Morgan fingerprint density at radius 3 is 2.35 bits per heavy atom. The van der Waals surface area contributed by atoms with Crippen LogP contribution in [0, 0.1) is 30.9 Å². The molecule has 0 radical (unpaired) electrons. The monoisotopic (exact) mass is 376 g/mol. The fourth-order valence-corrected chi connectivity index (χ4v) is 3.62. The number of aryl methyl sites for hydroxylation is 3. The smallest absolute Gasteiger partial charge is 0.341 e. The molecular weight excluding hydrogens is 356 g/mol. The molecule has 0 bridgehead atoms. The van der Waals surface area contributed by atoms with Gasteiger partial charge in [-0.15, -0.1) is 0 Å². The van der Waals surface area contributed by atoms with Gasteiger partial charge in [-0.1, -0.05) is 17.7 Å². The fraction of sp³-hybridized carbons (Fsp3) is 0.333. The summed E-state index contributed by atoms with van der Waals surface area (Å²) in [6, 6.07) is 5.12. The van der Waals surface area contributed by atoms with Crippen LogP contribution < -0.4 is 5.32 Å². The second kappa shape index (κ2) is 8.09. The van der Waals surface area contributed by atoms with Crippen molar-refractivity contribution in [2.24, 2.45) is 0 Å². The summed E-state index contributed by atoms with van der Waals surface area (Å²) in [5.41, 5.74) is 4.01. The number of anilines is 1. The number of nitrogens with zero attached hydrogens (tertiary/aromatic N) is 1. The number of ether oxygens (including phenoxy) is 1. The lowest BCUT2D eigenvalue weighted by molar-refractivity contribution is -0.380. The molecule has 1 aromatic heterocycles. The molecule has 0 saturated carbocycles. The highest BCUT2D eigenvalue weighted by Gasteiger charge is 2.24. The first-order valence-corrected chi connectivity index (χ1v) is 8.86. The molecule has 2 aromatic rings. The summed E-state index contributed by atoms with van der Waals surface area (Å²) in [6.45, 7) is 7.63. The van der Waals surface area contributed by atoms with E-state index in [0.717, 1.165) is 39.7 Å². The van der Waals surface area contributed by atoms with Gasteiger partial charge in [-0.2, -0.15) is 0 Å². The van der Waals surface area contributed by atoms with Crippen LogP contribution in [-0.4, -0.2) is 23.4 Å². The molecule has 0 unspecified atom stereocenters. The maximum Gasteiger partial charge on any atom is 0.341 e. The van der Waals surface area contributed by atoms with Gasteiger partial charge >= 0.3 is 11.0 Å². The Labute approximate surface area is 155 Å². The first-order chi connectivity index (χ1) is 12.2. The summed E-state index contributed by atoms with van der Waals surface area (Å²) in [5.74, 6) is -1.04. The van der Waals surface area contributed by atoms with Crippen LogP contribution in [0.25, 0.3) is 0 Å². The Balaban J connectivity index is 2.26. The minimum absolute atomic E-state index is 0.00532. The molecule has 1 aromatic carbocycles. The van der Waals surface area contributed by atoms with Gasteiger partial charge in [0.1, 0.15) is 10.6 Å². The molecular formula is C18H20N2O5S. The number of carbonyl (C=O) groups excluding carboxylic acids is 2. The van der Waals surface area contributed by atoms with Crippen LogP contribution in [-0.2, 0) is 16.0 Å². The molecule has 0 aliphatic heterocycles. The average Bonchev–Trinajstić information content (AvgIpc) is 2.95. The lowest BCUT2D eigenvalue weighted by Gasteiger charge is -2.11. The third-order valence-electron chi connectivity index (χ3n) is 3.83. The molecule has 7 nitrogen and oxygen atoms in total. The van der Waals surface area contributed by atoms with E-state index in [2.05, 4.69) is 5.32 Å². The van der Waals surface area contributed by atoms with Gasteiger partial charge < -0.3 is 10.1 Å². The molecule has 0 atom stereocenters. The standard InChI is InChI=1S/C18H20N2O5S/c1-5-25-18(22)14-9-16(20(23)24)26-17(14)19-15(21)8-13-11(3)6-10(2)7-12(13)4/h6-7,9H,5,8H2,1-4H3,(H,19,21). The van der Waals surface area contributed by atoms with Crippen molar-refractivity contribution in [2.75, 3.05) is 11.9 Å². The van der Waals surface area contributed by atoms with Crippen LogP contribution in [0.2, 0.25) is 0 Å². The van der Waals surface area contributed by atoms with Crippen molar-refractivity contribution in [2.45, 2.75) is 34.1 Å². The molecule has 0 aliphatic carbocycles. The number of hydrogen-bond acceptors (Lipinski definition) is 6. The summed E-state index contributed by atoms with van der Waals surface area (Å²) >= 11 is 0.740. The van der Waals surface area contributed by atoms with Crippen LogP contribution in [0.1, 0.15) is 39.5 Å². The maximum atomic E-state index is 12.5. The Bertz CT molecular complexity index is 849. The lowest BCUT2D eigenvalue weighted by atomic mass is 9.97. The SMILES string of the molecule is CCOC(=O)c1cc([N+](=O)[O-])sc1NC(=O)Cc1c(C)cc(C)cc1C. The number of benzene rings is 1. The van der Waals surface area contributed by atoms with Gasteiger partial charge in [-0.3, -0.25) is 14.9 Å². The molecule has 8 heteroatoms. The molecule has 1 N–H and O–H groups in total. The highest BCUT2D eigenvalue weighted by atomic mass is 32.1. The third-order valence-corrected chi connectivity index (χ3v) is 4.83. The van der Waals surface area contributed by atoms with Crippen LogP contribution >= 0.6 is 11.3 Å². The average molecular weight is 376 g/mol. The van der Waals surface area contributed by atoms with Crippen LogP contribution in [0.3, 0.4) is 0 Å². The Hall–Kier alpha value is -2.74. The van der Waals surface area contributed by atoms with E-state index >= 15 is 0 Å². The summed E-state index contributed by atoms with van der Waals surface area (Å²) in [7, 11) is 0. The van der Waals surface area contributed by atoms with Gasteiger partial charge in [0.2, 0.25) is 5.91 Å². The van der Waals surface area contributed by atoms with Crippen LogP contribution in [0.5, 0.6) is 0 Å². The number of thiophene rings is 1. The largest absolute Gasteiger partial charge is 0.462 e. The molecule has 1 amide bonds. The van der Waals surface area contributed by atoms with Gasteiger partial charge in [-0.05, 0) is 55.7 Å². The molecule has 0 aliphatic rings. The fourth-order valence-electron chi connectivity index (χ4n) is 2.74. The number of hydrogen-bond donors (Lipinski definition) is 1. The number of carbonyl (C=O) groups is 2. The van der Waals surface area contributed by atoms with Crippen LogP contribution in [0.4, 0.5) is 10.0 Å². The molecule has 2 rings (SSSR count). The predicted molar refractivity (Wildman–Crippen MR) is 99.9 cm³/mol. The topological polar surface area (TPSA) is 98.5 Å². The molecule has 0 saturated heterocycles. The number of esters is 1. The Morgan fingerprint density at radius 2 is 1.81 bits per heavy atom. The van der Waals surface area contributed by atoms with E-state index in [4.69, 9.17) is 4.74 Å². The molecule has 138 valence electrons. The van der Waals surface area contributed by atoms with Gasteiger partial charge in [0.05, 0.1) is 18.0 Å². The van der Waals surface area contributed by atoms with Gasteiger partial charge in [-0.25, -0.2) is 4.79 Å². The number of rotatable bonds is 6. The van der Waals surface area contributed by atoms with Crippen molar-refractivity contribution in [1.29, 1.82) is 0 Å². The zero-order valence-electron chi connectivity index (χ0n) is 15.0. The van der Waals surface area contributed by atoms with E-state index in [-0.39, 0.29) is 34.5 Å². The van der Waals surface area contributed by atoms with E-state index in [0.29, 0.717) is 0 Å². The first kappa shape index (κ1) is 19.6. The highest BCUT2D eigenvalue weighted by Crippen LogP contribution is 2.34. The molecule has 0 fully saturated rings. The van der Waals surface area contributed by atoms with Crippen molar-refractivity contribution < 1.29 is 19.2 Å². The van der Waals surface area contributed by atoms with Gasteiger partial charge in [0.15, 0.2) is 0 Å². The van der Waals surface area contributed by atoms with Gasteiger partial charge in [0.25, 0.3) is 0 Å². The molecule has 0 spiro atoms. The van der Waals surface area contributed by atoms with Crippen LogP contribution in [0.15, 0.2) is 18.2 Å². The minimum Gasteiger partial charge on any atom is -0.462 e. The van der Waals surface area contributed by atoms with Crippen molar-refractivity contribution in [3.63, 3.8) is 0 Å². The minimum atomic E-state index is -0.699. The second-order valence-corrected chi connectivity index (χ2v) is 6.94. The quantitative estimate of drug-likeness (QED) is 0.468. The zero-order chi connectivity index (χ0) is 19.4. The van der Waals surface area contributed by atoms with E-state index < -0.39 is 10.9 Å². The molecule has 26 heavy (non-hydrogen) atoms. The normalized spacial score (nSPS) is 10.5. The van der Waals surface area contributed by atoms with Crippen molar-refractivity contribution >= 4 is 33.2 Å². The van der Waals surface area contributed by atoms with E-state index in [1.807, 2.05) is 32.9 Å². The molecule has 1 heterocycles. The number of amides is 1. The maximum absolute atomic E-state index is 12.5. The van der Waals surface area contributed by atoms with Crippen molar-refractivity contribution in [3.8, 4) is 0 Å². The number of nitro groups is 1. The van der Waals surface area contributed by atoms with E-state index in [9.17, 15) is 19.7 Å². The summed E-state index contributed by atoms with van der Waals surface area (Å²) in [6.07, 6.45) is 0.117. The summed E-state index contributed by atoms with van der Waals surface area (Å²) < 4.78 is 4.91. The van der Waals surface area contributed by atoms with Crippen molar-refractivity contribution in [3.05, 3.63) is 56.1 Å². The second-order valence-electron chi connectivity index (χ2n) is 5.91. The van der Waals surface area contributed by atoms with Crippen molar-refractivity contribution in [1.82, 2.24) is 0 Å². The Morgan fingerprint density at radius 1 is 1.19 bits per heavy atom.